The van der Waals surface area contributed by atoms with E-state index < -0.39 is 0 Å². The third kappa shape index (κ3) is 2.52. The predicted molar refractivity (Wildman–Crippen MR) is 94.3 cm³/mol. The first-order valence-electron chi connectivity index (χ1n) is 8.53. The van der Waals surface area contributed by atoms with Crippen molar-refractivity contribution in [2.75, 3.05) is 13.1 Å². The van der Waals surface area contributed by atoms with Gasteiger partial charge in [-0.3, -0.25) is 14.8 Å². The number of likely N-dealkylation sites (tertiary alicyclic amines) is 2. The Kier molecular flexibility index (Phi) is 3.53. The van der Waals surface area contributed by atoms with Crippen molar-refractivity contribution >= 4 is 28.3 Å². The van der Waals surface area contributed by atoms with Gasteiger partial charge in [0.25, 0.3) is 5.91 Å². The SMILES string of the molecule is O=C(c1ccc2cn[nH]c2n1)N1CC[C@H]2[C@@H]1CCN2Cc1nccs1. The van der Waals surface area contributed by atoms with Gasteiger partial charge in [-0.05, 0) is 25.0 Å². The Labute approximate surface area is 148 Å². The molecule has 2 atom stereocenters. The summed E-state index contributed by atoms with van der Waals surface area (Å²) in [5, 5.41) is 10.9. The lowest BCUT2D eigenvalue weighted by Gasteiger charge is -2.25. The summed E-state index contributed by atoms with van der Waals surface area (Å²) in [6, 6.07) is 4.42. The molecule has 0 spiro atoms. The van der Waals surface area contributed by atoms with Crippen molar-refractivity contribution in [2.24, 2.45) is 0 Å². The summed E-state index contributed by atoms with van der Waals surface area (Å²) >= 11 is 1.70. The lowest BCUT2D eigenvalue weighted by atomic mass is 10.1. The molecule has 3 aromatic heterocycles. The van der Waals surface area contributed by atoms with E-state index in [1.165, 1.54) is 0 Å². The number of thiazole rings is 1. The summed E-state index contributed by atoms with van der Waals surface area (Å²) < 4.78 is 0. The van der Waals surface area contributed by atoms with Gasteiger partial charge >= 0.3 is 0 Å². The Morgan fingerprint density at radius 2 is 2.20 bits per heavy atom. The number of hydrogen-bond donors (Lipinski definition) is 1. The van der Waals surface area contributed by atoms with Crippen LogP contribution in [0.4, 0.5) is 0 Å². The Morgan fingerprint density at radius 3 is 3.08 bits per heavy atom. The van der Waals surface area contributed by atoms with E-state index >= 15 is 0 Å². The van der Waals surface area contributed by atoms with Crippen molar-refractivity contribution in [3.8, 4) is 0 Å². The molecule has 0 bridgehead atoms. The van der Waals surface area contributed by atoms with Gasteiger partial charge in [0.1, 0.15) is 10.7 Å². The second kappa shape index (κ2) is 5.89. The molecule has 0 aliphatic carbocycles. The van der Waals surface area contributed by atoms with E-state index in [9.17, 15) is 4.79 Å². The summed E-state index contributed by atoms with van der Waals surface area (Å²) in [6.07, 6.45) is 5.62. The molecule has 0 aromatic carbocycles. The Morgan fingerprint density at radius 1 is 1.28 bits per heavy atom. The maximum Gasteiger partial charge on any atom is 0.272 e. The zero-order valence-corrected chi connectivity index (χ0v) is 14.4. The first-order valence-corrected chi connectivity index (χ1v) is 9.41. The highest BCUT2D eigenvalue weighted by Crippen LogP contribution is 2.33. The molecule has 1 amide bonds. The van der Waals surface area contributed by atoms with Crippen molar-refractivity contribution in [1.82, 2.24) is 30.0 Å². The average molecular weight is 354 g/mol. The largest absolute Gasteiger partial charge is 0.333 e. The number of aromatic nitrogens is 4. The lowest BCUT2D eigenvalue weighted by molar-refractivity contribution is 0.0726. The van der Waals surface area contributed by atoms with Crippen LogP contribution < -0.4 is 0 Å². The number of carbonyl (C=O) groups is 1. The van der Waals surface area contributed by atoms with Crippen molar-refractivity contribution in [1.29, 1.82) is 0 Å². The first kappa shape index (κ1) is 15.0. The van der Waals surface area contributed by atoms with Crippen LogP contribution in [-0.2, 0) is 6.54 Å². The van der Waals surface area contributed by atoms with Gasteiger partial charge in [0, 0.05) is 42.1 Å². The predicted octanol–water partition coefficient (Wildman–Crippen LogP) is 1.90. The smallest absolute Gasteiger partial charge is 0.272 e. The maximum atomic E-state index is 13.0. The molecule has 1 N–H and O–H groups in total. The Balaban J connectivity index is 1.34. The molecule has 2 aliphatic rings. The normalized spacial score (nSPS) is 23.4. The zero-order valence-electron chi connectivity index (χ0n) is 13.6. The Hall–Kier alpha value is -2.32. The van der Waals surface area contributed by atoms with Crippen LogP contribution in [0, 0.1) is 0 Å². The molecular formula is C17H18N6OS. The van der Waals surface area contributed by atoms with Gasteiger partial charge in [-0.1, -0.05) is 0 Å². The van der Waals surface area contributed by atoms with Crippen LogP contribution in [0.15, 0.2) is 29.9 Å². The molecule has 7 nitrogen and oxygen atoms in total. The maximum absolute atomic E-state index is 13.0. The average Bonchev–Trinajstić information content (AvgIpc) is 3.40. The van der Waals surface area contributed by atoms with Gasteiger partial charge in [-0.25, -0.2) is 9.97 Å². The minimum atomic E-state index is 0.0279. The monoisotopic (exact) mass is 354 g/mol. The third-order valence-electron chi connectivity index (χ3n) is 5.29. The summed E-state index contributed by atoms with van der Waals surface area (Å²) in [5.41, 5.74) is 1.16. The molecule has 3 aromatic rings. The van der Waals surface area contributed by atoms with Crippen LogP contribution >= 0.6 is 11.3 Å². The van der Waals surface area contributed by atoms with E-state index in [1.54, 1.807) is 23.6 Å². The fourth-order valence-corrected chi connectivity index (χ4v) is 4.76. The number of amides is 1. The van der Waals surface area contributed by atoms with Crippen LogP contribution in [-0.4, -0.2) is 61.0 Å². The van der Waals surface area contributed by atoms with Crippen LogP contribution in [0.5, 0.6) is 0 Å². The topological polar surface area (TPSA) is 78.0 Å². The number of rotatable bonds is 3. The molecule has 0 unspecified atom stereocenters. The highest BCUT2D eigenvalue weighted by molar-refractivity contribution is 7.09. The fraction of sp³-hybridized carbons (Fsp3) is 0.412. The summed E-state index contributed by atoms with van der Waals surface area (Å²) in [5.74, 6) is 0.0279. The van der Waals surface area contributed by atoms with Gasteiger partial charge in [0.15, 0.2) is 5.65 Å². The number of nitrogens with one attached hydrogen (secondary N) is 1. The number of pyridine rings is 1. The van der Waals surface area contributed by atoms with E-state index in [-0.39, 0.29) is 11.9 Å². The highest BCUT2D eigenvalue weighted by atomic mass is 32.1. The van der Waals surface area contributed by atoms with Crippen LogP contribution in [0.1, 0.15) is 28.3 Å². The number of nitrogens with zero attached hydrogens (tertiary/aromatic N) is 5. The van der Waals surface area contributed by atoms with Gasteiger partial charge in [0.2, 0.25) is 0 Å². The highest BCUT2D eigenvalue weighted by Gasteiger charge is 2.44. The Bertz CT molecular complexity index is 907. The second-order valence-corrected chi connectivity index (χ2v) is 7.59. The molecule has 2 aliphatic heterocycles. The standard InChI is InChI=1S/C17H18N6OS/c24-17(12-2-1-11-9-19-21-16(11)20-12)23-7-4-13-14(23)3-6-22(13)10-15-18-5-8-25-15/h1-2,5,8-9,13-14H,3-4,6-7,10H2,(H,19,20,21)/t13-,14-/m0/s1. The van der Waals surface area contributed by atoms with E-state index in [1.807, 2.05) is 22.5 Å². The quantitative estimate of drug-likeness (QED) is 0.777. The van der Waals surface area contributed by atoms with E-state index in [0.717, 1.165) is 42.9 Å². The number of hydrogen-bond acceptors (Lipinski definition) is 6. The minimum absolute atomic E-state index is 0.0279. The van der Waals surface area contributed by atoms with Crippen molar-refractivity contribution < 1.29 is 4.79 Å². The first-order chi connectivity index (χ1) is 12.3. The van der Waals surface area contributed by atoms with E-state index in [2.05, 4.69) is 25.1 Å². The van der Waals surface area contributed by atoms with Gasteiger partial charge in [-0.15, -0.1) is 11.3 Å². The molecule has 5 heterocycles. The van der Waals surface area contributed by atoms with Crippen LogP contribution in [0.25, 0.3) is 11.0 Å². The van der Waals surface area contributed by atoms with Crippen molar-refractivity contribution in [3.05, 3.63) is 40.6 Å². The van der Waals surface area contributed by atoms with E-state index in [0.29, 0.717) is 17.4 Å². The van der Waals surface area contributed by atoms with E-state index in [4.69, 9.17) is 0 Å². The van der Waals surface area contributed by atoms with Crippen LogP contribution in [0.3, 0.4) is 0 Å². The van der Waals surface area contributed by atoms with Crippen LogP contribution in [0.2, 0.25) is 0 Å². The van der Waals surface area contributed by atoms with Gasteiger partial charge in [-0.2, -0.15) is 5.10 Å². The fourth-order valence-electron chi connectivity index (χ4n) is 4.12. The third-order valence-corrected chi connectivity index (χ3v) is 6.06. The number of aromatic amines is 1. The summed E-state index contributed by atoms with van der Waals surface area (Å²) in [7, 11) is 0. The second-order valence-electron chi connectivity index (χ2n) is 6.61. The lowest BCUT2D eigenvalue weighted by Crippen LogP contribution is -2.39. The number of H-pyrrole nitrogens is 1. The molecule has 2 saturated heterocycles. The molecule has 25 heavy (non-hydrogen) atoms. The number of fused-ring (bicyclic) bond motifs is 2. The number of carbonyl (C=O) groups excluding carboxylic acids is 1. The summed E-state index contributed by atoms with van der Waals surface area (Å²) in [4.78, 5) is 26.3. The molecular weight excluding hydrogens is 336 g/mol. The molecule has 0 radical (unpaired) electrons. The molecule has 0 saturated carbocycles. The van der Waals surface area contributed by atoms with Crippen molar-refractivity contribution in [2.45, 2.75) is 31.5 Å². The molecule has 8 heteroatoms. The van der Waals surface area contributed by atoms with Crippen molar-refractivity contribution in [3.63, 3.8) is 0 Å². The van der Waals surface area contributed by atoms with Gasteiger partial charge in [0.05, 0.1) is 12.7 Å². The zero-order chi connectivity index (χ0) is 16.8. The van der Waals surface area contributed by atoms with Gasteiger partial charge < -0.3 is 4.90 Å². The molecule has 2 fully saturated rings. The minimum Gasteiger partial charge on any atom is -0.333 e. The summed E-state index contributed by atoms with van der Waals surface area (Å²) in [6.45, 7) is 2.70. The molecule has 128 valence electrons. The molecule has 5 rings (SSSR count).